The van der Waals surface area contributed by atoms with Crippen molar-refractivity contribution in [3.05, 3.63) is 84.6 Å². The topological polar surface area (TPSA) is 84.2 Å². The number of carbonyl (C=O) groups is 1. The third-order valence-electron chi connectivity index (χ3n) is 5.95. The lowest BCUT2D eigenvalue weighted by molar-refractivity contribution is -0.125. The summed E-state index contributed by atoms with van der Waals surface area (Å²) in [7, 11) is 0. The third kappa shape index (κ3) is 4.77. The maximum Gasteiger partial charge on any atom is 0.261 e. The number of carbonyl (C=O) groups excluding carboxylic acids is 1. The van der Waals surface area contributed by atoms with Crippen LogP contribution in [-0.2, 0) is 11.3 Å². The van der Waals surface area contributed by atoms with Gasteiger partial charge in [0, 0.05) is 37.3 Å². The number of aromatic nitrogens is 3. The number of hydrogen-bond acceptors (Lipinski definition) is 6. The molecule has 1 aliphatic rings. The van der Waals surface area contributed by atoms with E-state index in [0.717, 1.165) is 48.4 Å². The standard InChI is InChI=1S/C26H25N5O2/c32-25(28-18-19-8-3-1-4-9-19)21-13-16-31(17-14-21)24-22(12-7-15-27-24)26-29-23(30-33-26)20-10-5-2-6-11-20/h1-12,15,21H,13-14,16-18H2,(H,28,32). The summed E-state index contributed by atoms with van der Waals surface area (Å²) in [6.45, 7) is 2.05. The first kappa shape index (κ1) is 20.9. The van der Waals surface area contributed by atoms with Crippen molar-refractivity contribution < 1.29 is 9.32 Å². The fourth-order valence-electron chi connectivity index (χ4n) is 4.14. The second-order valence-corrected chi connectivity index (χ2v) is 8.13. The van der Waals surface area contributed by atoms with Gasteiger partial charge in [0.05, 0.1) is 5.56 Å². The number of anilines is 1. The zero-order chi connectivity index (χ0) is 22.5. The summed E-state index contributed by atoms with van der Waals surface area (Å²) >= 11 is 0. The van der Waals surface area contributed by atoms with Gasteiger partial charge in [0.15, 0.2) is 0 Å². The fourth-order valence-corrected chi connectivity index (χ4v) is 4.14. The minimum atomic E-state index is 0.00483. The normalized spacial score (nSPS) is 14.2. The highest BCUT2D eigenvalue weighted by atomic mass is 16.5. The number of hydrogen-bond donors (Lipinski definition) is 1. The molecule has 3 heterocycles. The van der Waals surface area contributed by atoms with Crippen LogP contribution in [0.5, 0.6) is 0 Å². The lowest BCUT2D eigenvalue weighted by Crippen LogP contribution is -2.40. The van der Waals surface area contributed by atoms with Crippen molar-refractivity contribution in [1.82, 2.24) is 20.4 Å². The molecule has 0 saturated carbocycles. The van der Waals surface area contributed by atoms with E-state index in [9.17, 15) is 4.79 Å². The lowest BCUT2D eigenvalue weighted by atomic mass is 9.95. The minimum Gasteiger partial charge on any atom is -0.356 e. The van der Waals surface area contributed by atoms with Crippen LogP contribution in [0, 0.1) is 5.92 Å². The molecule has 0 radical (unpaired) electrons. The predicted molar refractivity (Wildman–Crippen MR) is 126 cm³/mol. The highest BCUT2D eigenvalue weighted by Gasteiger charge is 2.27. The molecule has 1 fully saturated rings. The molecule has 7 nitrogen and oxygen atoms in total. The molecule has 1 amide bonds. The molecular weight excluding hydrogens is 414 g/mol. The van der Waals surface area contributed by atoms with Gasteiger partial charge >= 0.3 is 0 Å². The molecule has 0 aliphatic carbocycles. The summed E-state index contributed by atoms with van der Waals surface area (Å²) in [5.74, 6) is 1.92. The van der Waals surface area contributed by atoms with Crippen molar-refractivity contribution in [2.75, 3.05) is 18.0 Å². The smallest absolute Gasteiger partial charge is 0.261 e. The molecule has 0 unspecified atom stereocenters. The quantitative estimate of drug-likeness (QED) is 0.481. The van der Waals surface area contributed by atoms with E-state index in [1.165, 1.54) is 0 Å². The summed E-state index contributed by atoms with van der Waals surface area (Å²) in [5, 5.41) is 7.22. The van der Waals surface area contributed by atoms with Crippen LogP contribution < -0.4 is 10.2 Å². The van der Waals surface area contributed by atoms with Gasteiger partial charge in [-0.25, -0.2) is 4.98 Å². The molecule has 0 bridgehead atoms. The second-order valence-electron chi connectivity index (χ2n) is 8.13. The summed E-state index contributed by atoms with van der Waals surface area (Å²) in [4.78, 5) is 24.1. The van der Waals surface area contributed by atoms with Crippen molar-refractivity contribution in [2.45, 2.75) is 19.4 Å². The van der Waals surface area contributed by atoms with E-state index in [2.05, 4.69) is 25.3 Å². The number of nitrogens with one attached hydrogen (secondary N) is 1. The zero-order valence-electron chi connectivity index (χ0n) is 18.2. The molecule has 7 heteroatoms. The summed E-state index contributed by atoms with van der Waals surface area (Å²) in [6.07, 6.45) is 3.32. The van der Waals surface area contributed by atoms with Gasteiger partial charge in [-0.1, -0.05) is 65.8 Å². The fraction of sp³-hybridized carbons (Fsp3) is 0.231. The molecule has 0 spiro atoms. The largest absolute Gasteiger partial charge is 0.356 e. The first-order valence-electron chi connectivity index (χ1n) is 11.2. The number of nitrogens with zero attached hydrogens (tertiary/aromatic N) is 4. The Balaban J connectivity index is 1.25. The van der Waals surface area contributed by atoms with Gasteiger partial charge in [-0.15, -0.1) is 0 Å². The Morgan fingerprint density at radius 1 is 0.970 bits per heavy atom. The monoisotopic (exact) mass is 439 g/mol. The van der Waals surface area contributed by atoms with E-state index < -0.39 is 0 Å². The highest BCUT2D eigenvalue weighted by molar-refractivity contribution is 5.79. The van der Waals surface area contributed by atoms with E-state index in [1.807, 2.05) is 72.8 Å². The molecule has 4 aromatic rings. The van der Waals surface area contributed by atoms with Crippen LogP contribution in [0.2, 0.25) is 0 Å². The van der Waals surface area contributed by atoms with Crippen LogP contribution in [0.15, 0.2) is 83.5 Å². The molecule has 2 aromatic heterocycles. The molecule has 1 saturated heterocycles. The molecule has 2 aromatic carbocycles. The Morgan fingerprint density at radius 3 is 2.45 bits per heavy atom. The Morgan fingerprint density at radius 2 is 1.70 bits per heavy atom. The van der Waals surface area contributed by atoms with Gasteiger partial charge in [0.2, 0.25) is 11.7 Å². The number of piperidine rings is 1. The molecule has 1 N–H and O–H groups in total. The number of rotatable bonds is 6. The Hall–Kier alpha value is -4.00. The maximum atomic E-state index is 12.7. The predicted octanol–water partition coefficient (Wildman–Crippen LogP) is 4.33. The van der Waals surface area contributed by atoms with Gasteiger partial charge in [0.25, 0.3) is 5.89 Å². The average Bonchev–Trinajstić information content (AvgIpc) is 3.39. The SMILES string of the molecule is O=C(NCc1ccccc1)C1CCN(c2ncccc2-c2nc(-c3ccccc3)no2)CC1. The highest BCUT2D eigenvalue weighted by Crippen LogP contribution is 2.31. The first-order valence-corrected chi connectivity index (χ1v) is 11.2. The van der Waals surface area contributed by atoms with Gasteiger partial charge in [0.1, 0.15) is 5.82 Å². The Labute approximate surface area is 192 Å². The van der Waals surface area contributed by atoms with Crippen LogP contribution >= 0.6 is 0 Å². The molecule has 1 aliphatic heterocycles. The van der Waals surface area contributed by atoms with Crippen molar-refractivity contribution in [3.63, 3.8) is 0 Å². The van der Waals surface area contributed by atoms with Gasteiger partial charge < -0.3 is 14.7 Å². The first-order chi connectivity index (χ1) is 16.3. The van der Waals surface area contributed by atoms with Crippen molar-refractivity contribution in [3.8, 4) is 22.8 Å². The minimum absolute atomic E-state index is 0.00483. The van der Waals surface area contributed by atoms with E-state index in [0.29, 0.717) is 18.3 Å². The van der Waals surface area contributed by atoms with Crippen LogP contribution in [0.25, 0.3) is 22.8 Å². The number of amides is 1. The lowest BCUT2D eigenvalue weighted by Gasteiger charge is -2.32. The number of pyridine rings is 1. The molecule has 33 heavy (non-hydrogen) atoms. The van der Waals surface area contributed by atoms with Crippen molar-refractivity contribution in [1.29, 1.82) is 0 Å². The van der Waals surface area contributed by atoms with Crippen LogP contribution in [0.4, 0.5) is 5.82 Å². The average molecular weight is 440 g/mol. The second kappa shape index (κ2) is 9.65. The van der Waals surface area contributed by atoms with E-state index >= 15 is 0 Å². The van der Waals surface area contributed by atoms with Crippen LogP contribution in [0.1, 0.15) is 18.4 Å². The van der Waals surface area contributed by atoms with E-state index in [4.69, 9.17) is 4.52 Å². The summed E-state index contributed by atoms with van der Waals surface area (Å²) in [5.41, 5.74) is 2.82. The van der Waals surface area contributed by atoms with Gasteiger partial charge in [-0.05, 0) is 30.5 Å². The molecule has 5 rings (SSSR count). The summed E-state index contributed by atoms with van der Waals surface area (Å²) < 4.78 is 5.58. The molecule has 166 valence electrons. The van der Waals surface area contributed by atoms with E-state index in [-0.39, 0.29) is 11.8 Å². The third-order valence-corrected chi connectivity index (χ3v) is 5.95. The summed E-state index contributed by atoms with van der Waals surface area (Å²) in [6, 6.07) is 23.5. The van der Waals surface area contributed by atoms with Crippen molar-refractivity contribution in [2.24, 2.45) is 5.92 Å². The van der Waals surface area contributed by atoms with Crippen LogP contribution in [-0.4, -0.2) is 34.1 Å². The Kier molecular flexibility index (Phi) is 6.10. The van der Waals surface area contributed by atoms with E-state index in [1.54, 1.807) is 6.20 Å². The van der Waals surface area contributed by atoms with Gasteiger partial charge in [-0.3, -0.25) is 4.79 Å². The van der Waals surface area contributed by atoms with Crippen LogP contribution in [0.3, 0.4) is 0 Å². The maximum absolute atomic E-state index is 12.7. The van der Waals surface area contributed by atoms with Crippen molar-refractivity contribution >= 4 is 11.7 Å². The zero-order valence-corrected chi connectivity index (χ0v) is 18.2. The molecular formula is C26H25N5O2. The molecule has 0 atom stereocenters. The Bertz CT molecular complexity index is 1200. The number of benzene rings is 2. The van der Waals surface area contributed by atoms with Gasteiger partial charge in [-0.2, -0.15) is 4.98 Å².